The molecule has 0 saturated carbocycles. The first-order chi connectivity index (χ1) is 9.65. The predicted molar refractivity (Wildman–Crippen MR) is 67.3 cm³/mol. The van der Waals surface area contributed by atoms with Crippen LogP contribution in [0, 0.1) is 0 Å². The quantitative estimate of drug-likeness (QED) is 0.779. The summed E-state index contributed by atoms with van der Waals surface area (Å²) in [6.07, 6.45) is 0.748. The van der Waals surface area contributed by atoms with Crippen molar-refractivity contribution in [3.05, 3.63) is 23.7 Å². The standard InChI is InChI=1S/C10H11ClF2N6O/c11-8-16-9(14-3-5-20-6-7(12)13)18-10(17-8)19-4-1-2-15-19/h1-2,4,7H,3,5-6H2,(H,14,16,17,18). The Morgan fingerprint density at radius 3 is 2.90 bits per heavy atom. The molecule has 10 heteroatoms. The first-order valence-corrected chi connectivity index (χ1v) is 6.04. The van der Waals surface area contributed by atoms with Gasteiger partial charge in [0.15, 0.2) is 0 Å². The molecular formula is C10H11ClF2N6O. The zero-order valence-corrected chi connectivity index (χ0v) is 11.0. The summed E-state index contributed by atoms with van der Waals surface area (Å²) in [6.45, 7) is -0.228. The molecule has 0 saturated heterocycles. The maximum Gasteiger partial charge on any atom is 0.261 e. The molecule has 0 bridgehead atoms. The van der Waals surface area contributed by atoms with Crippen molar-refractivity contribution in [2.24, 2.45) is 0 Å². The Bertz CT molecular complexity index is 539. The summed E-state index contributed by atoms with van der Waals surface area (Å²) in [5, 5.41) is 6.77. The van der Waals surface area contributed by atoms with Crippen LogP contribution in [-0.4, -0.2) is 50.9 Å². The summed E-state index contributed by atoms with van der Waals surface area (Å²) < 4.78 is 29.8. The minimum absolute atomic E-state index is 0.00139. The first kappa shape index (κ1) is 14.5. The largest absolute Gasteiger partial charge is 0.374 e. The Balaban J connectivity index is 1.92. The smallest absolute Gasteiger partial charge is 0.261 e. The van der Waals surface area contributed by atoms with E-state index in [4.69, 9.17) is 16.3 Å². The highest BCUT2D eigenvalue weighted by atomic mass is 35.5. The van der Waals surface area contributed by atoms with Gasteiger partial charge in [-0.25, -0.2) is 13.5 Å². The number of nitrogens with zero attached hydrogens (tertiary/aromatic N) is 5. The lowest BCUT2D eigenvalue weighted by atomic mass is 10.6. The molecule has 0 fully saturated rings. The average molecular weight is 305 g/mol. The van der Waals surface area contributed by atoms with Gasteiger partial charge in [0.05, 0.1) is 6.61 Å². The van der Waals surface area contributed by atoms with Crippen molar-refractivity contribution in [3.8, 4) is 5.95 Å². The first-order valence-electron chi connectivity index (χ1n) is 5.66. The fourth-order valence-electron chi connectivity index (χ4n) is 1.32. The predicted octanol–water partition coefficient (Wildman–Crippen LogP) is 1.40. The molecule has 0 atom stereocenters. The summed E-state index contributed by atoms with van der Waals surface area (Å²) in [4.78, 5) is 11.9. The maximum absolute atomic E-state index is 11.8. The van der Waals surface area contributed by atoms with Crippen LogP contribution in [0.25, 0.3) is 5.95 Å². The number of aromatic nitrogens is 5. The lowest BCUT2D eigenvalue weighted by Crippen LogP contribution is -2.15. The Labute approximate surface area is 118 Å². The minimum Gasteiger partial charge on any atom is -0.374 e. The van der Waals surface area contributed by atoms with Crippen LogP contribution in [0.4, 0.5) is 14.7 Å². The minimum atomic E-state index is -2.48. The third kappa shape index (κ3) is 4.35. The van der Waals surface area contributed by atoms with Crippen molar-refractivity contribution >= 4 is 17.5 Å². The number of rotatable bonds is 7. The molecule has 20 heavy (non-hydrogen) atoms. The molecule has 0 radical (unpaired) electrons. The third-order valence-corrected chi connectivity index (χ3v) is 2.25. The number of hydrogen-bond acceptors (Lipinski definition) is 6. The van der Waals surface area contributed by atoms with Crippen molar-refractivity contribution in [1.29, 1.82) is 0 Å². The van der Waals surface area contributed by atoms with Crippen LogP contribution in [0.1, 0.15) is 0 Å². The zero-order valence-electron chi connectivity index (χ0n) is 10.2. The van der Waals surface area contributed by atoms with E-state index in [2.05, 4.69) is 25.4 Å². The number of halogens is 3. The molecule has 2 heterocycles. The maximum atomic E-state index is 11.8. The van der Waals surface area contributed by atoms with Crippen LogP contribution in [0.3, 0.4) is 0 Å². The Kier molecular flexibility index (Phi) is 5.13. The second kappa shape index (κ2) is 7.06. The van der Waals surface area contributed by atoms with Gasteiger partial charge in [-0.3, -0.25) is 0 Å². The fraction of sp³-hybridized carbons (Fsp3) is 0.400. The molecular weight excluding hydrogens is 294 g/mol. The molecule has 2 rings (SSSR count). The number of anilines is 1. The van der Waals surface area contributed by atoms with Gasteiger partial charge in [-0.1, -0.05) is 0 Å². The highest BCUT2D eigenvalue weighted by Crippen LogP contribution is 2.08. The van der Waals surface area contributed by atoms with E-state index >= 15 is 0 Å². The van der Waals surface area contributed by atoms with Crippen LogP contribution >= 0.6 is 11.6 Å². The number of nitrogens with one attached hydrogen (secondary N) is 1. The van der Waals surface area contributed by atoms with E-state index in [1.807, 2.05) is 0 Å². The summed E-state index contributed by atoms with van der Waals surface area (Å²) in [5.41, 5.74) is 0. The van der Waals surface area contributed by atoms with Crippen LogP contribution in [0.5, 0.6) is 0 Å². The fourth-order valence-corrected chi connectivity index (χ4v) is 1.47. The molecule has 0 aromatic carbocycles. The van der Waals surface area contributed by atoms with Crippen molar-refractivity contribution in [2.75, 3.05) is 25.1 Å². The monoisotopic (exact) mass is 304 g/mol. The lowest BCUT2D eigenvalue weighted by Gasteiger charge is -2.07. The van der Waals surface area contributed by atoms with E-state index in [1.165, 1.54) is 4.68 Å². The van der Waals surface area contributed by atoms with Crippen LogP contribution in [-0.2, 0) is 4.74 Å². The SMILES string of the molecule is FC(F)COCCNc1nc(Cl)nc(-n2cccn2)n1. The van der Waals surface area contributed by atoms with Crippen molar-refractivity contribution in [3.63, 3.8) is 0 Å². The summed E-state index contributed by atoms with van der Waals surface area (Å²) >= 11 is 5.77. The van der Waals surface area contributed by atoms with Gasteiger partial charge in [0.25, 0.3) is 12.4 Å². The number of alkyl halides is 2. The van der Waals surface area contributed by atoms with E-state index in [-0.39, 0.29) is 30.3 Å². The van der Waals surface area contributed by atoms with Crippen LogP contribution < -0.4 is 5.32 Å². The molecule has 108 valence electrons. The molecule has 1 N–H and O–H groups in total. The molecule has 0 aliphatic heterocycles. The van der Waals surface area contributed by atoms with Gasteiger partial charge in [0.2, 0.25) is 11.2 Å². The molecule has 2 aromatic heterocycles. The summed E-state index contributed by atoms with van der Waals surface area (Å²) in [5.74, 6) is 0.474. The Morgan fingerprint density at radius 1 is 1.35 bits per heavy atom. The lowest BCUT2D eigenvalue weighted by molar-refractivity contribution is 0.0214. The van der Waals surface area contributed by atoms with Gasteiger partial charge in [-0.2, -0.15) is 20.1 Å². The van der Waals surface area contributed by atoms with Gasteiger partial charge < -0.3 is 10.1 Å². The van der Waals surface area contributed by atoms with Crippen molar-refractivity contribution < 1.29 is 13.5 Å². The van der Waals surface area contributed by atoms with Gasteiger partial charge in [0, 0.05) is 18.9 Å². The number of ether oxygens (including phenoxy) is 1. The normalized spacial score (nSPS) is 11.0. The second-order valence-electron chi connectivity index (χ2n) is 3.57. The third-order valence-electron chi connectivity index (χ3n) is 2.08. The molecule has 0 amide bonds. The number of hydrogen-bond donors (Lipinski definition) is 1. The zero-order chi connectivity index (χ0) is 14.4. The molecule has 7 nitrogen and oxygen atoms in total. The topological polar surface area (TPSA) is 77.8 Å². The Morgan fingerprint density at radius 2 is 2.20 bits per heavy atom. The van der Waals surface area contributed by atoms with Crippen LogP contribution in [0.2, 0.25) is 5.28 Å². The van der Waals surface area contributed by atoms with Gasteiger partial charge in [0.1, 0.15) is 6.61 Å². The molecule has 0 aliphatic rings. The van der Waals surface area contributed by atoms with Crippen molar-refractivity contribution in [1.82, 2.24) is 24.7 Å². The second-order valence-corrected chi connectivity index (χ2v) is 3.91. The Hall–Kier alpha value is -1.87. The van der Waals surface area contributed by atoms with E-state index < -0.39 is 13.0 Å². The van der Waals surface area contributed by atoms with E-state index in [1.54, 1.807) is 18.5 Å². The van der Waals surface area contributed by atoms with E-state index in [9.17, 15) is 8.78 Å². The molecule has 0 unspecified atom stereocenters. The van der Waals surface area contributed by atoms with E-state index in [0.717, 1.165) is 0 Å². The van der Waals surface area contributed by atoms with E-state index in [0.29, 0.717) is 0 Å². The van der Waals surface area contributed by atoms with Gasteiger partial charge in [-0.05, 0) is 17.7 Å². The summed E-state index contributed by atoms with van der Waals surface area (Å²) in [7, 11) is 0. The average Bonchev–Trinajstić information content (AvgIpc) is 2.91. The van der Waals surface area contributed by atoms with Gasteiger partial charge >= 0.3 is 0 Å². The van der Waals surface area contributed by atoms with Crippen molar-refractivity contribution in [2.45, 2.75) is 6.43 Å². The van der Waals surface area contributed by atoms with Gasteiger partial charge in [-0.15, -0.1) is 0 Å². The highest BCUT2D eigenvalue weighted by Gasteiger charge is 2.07. The summed E-state index contributed by atoms with van der Waals surface area (Å²) in [6, 6.07) is 1.71. The molecule has 0 spiro atoms. The highest BCUT2D eigenvalue weighted by molar-refractivity contribution is 6.28. The molecule has 0 aliphatic carbocycles. The van der Waals surface area contributed by atoms with Crippen LogP contribution in [0.15, 0.2) is 18.5 Å². The molecule has 2 aromatic rings.